The molecule has 1 rings (SSSR count). The monoisotopic (exact) mass is 284 g/mol. The molecule has 0 radical (unpaired) electrons. The van der Waals surface area contributed by atoms with Crippen LogP contribution in [0.2, 0.25) is 0 Å². The van der Waals surface area contributed by atoms with Gasteiger partial charge in [-0.1, -0.05) is 13.3 Å². The summed E-state index contributed by atoms with van der Waals surface area (Å²) in [5.41, 5.74) is 5.83. The number of rotatable bonds is 5. The van der Waals surface area contributed by atoms with Crippen molar-refractivity contribution in [3.8, 4) is 0 Å². The lowest BCUT2D eigenvalue weighted by atomic mass is 9.92. The maximum Gasteiger partial charge on any atom is 0.214 e. The minimum absolute atomic E-state index is 0. The van der Waals surface area contributed by atoms with Crippen molar-refractivity contribution >= 4 is 22.4 Å². The molecule has 0 aromatic carbocycles. The fourth-order valence-electron chi connectivity index (χ4n) is 2.14. The van der Waals surface area contributed by atoms with Crippen LogP contribution in [0.25, 0.3) is 0 Å². The third kappa shape index (κ3) is 5.12. The predicted molar refractivity (Wildman–Crippen MR) is 73.9 cm³/mol. The van der Waals surface area contributed by atoms with Crippen molar-refractivity contribution in [3.63, 3.8) is 0 Å². The molecule has 1 saturated heterocycles. The van der Waals surface area contributed by atoms with Crippen LogP contribution in [0.5, 0.6) is 0 Å². The Bertz CT molecular complexity index is 299. The molecule has 0 aliphatic carbocycles. The van der Waals surface area contributed by atoms with Crippen LogP contribution in [0.3, 0.4) is 0 Å². The first-order valence-corrected chi connectivity index (χ1v) is 7.81. The Kier molecular flexibility index (Phi) is 7.63. The van der Waals surface area contributed by atoms with Gasteiger partial charge in [-0.15, -0.1) is 12.4 Å². The summed E-state index contributed by atoms with van der Waals surface area (Å²) in [7, 11) is -3.00. The minimum Gasteiger partial charge on any atom is -0.328 e. The molecule has 1 aliphatic rings. The van der Waals surface area contributed by atoms with Crippen molar-refractivity contribution in [1.82, 2.24) is 4.31 Å². The molecule has 6 heteroatoms. The normalized spacial score (nSPS) is 20.9. The number of piperidine rings is 1. The largest absolute Gasteiger partial charge is 0.328 e. The Morgan fingerprint density at radius 3 is 2.29 bits per heavy atom. The first kappa shape index (κ1) is 17.2. The van der Waals surface area contributed by atoms with Gasteiger partial charge in [0.2, 0.25) is 10.0 Å². The van der Waals surface area contributed by atoms with Gasteiger partial charge in [0, 0.05) is 19.1 Å². The van der Waals surface area contributed by atoms with Crippen LogP contribution >= 0.6 is 12.4 Å². The Morgan fingerprint density at radius 2 is 1.88 bits per heavy atom. The SMILES string of the molecule is CCCCS(=O)(=O)N1CCC(C(C)N)CC1.Cl. The van der Waals surface area contributed by atoms with Crippen molar-refractivity contribution in [3.05, 3.63) is 0 Å². The Labute approximate surface area is 111 Å². The number of sulfonamides is 1. The Hall–Kier alpha value is 0.160. The van der Waals surface area contributed by atoms with E-state index in [4.69, 9.17) is 5.73 Å². The predicted octanol–water partition coefficient (Wildman–Crippen LogP) is 1.60. The van der Waals surface area contributed by atoms with Crippen molar-refractivity contribution in [2.24, 2.45) is 11.7 Å². The number of nitrogens with zero attached hydrogens (tertiary/aromatic N) is 1. The maximum atomic E-state index is 11.9. The maximum absolute atomic E-state index is 11.9. The fraction of sp³-hybridized carbons (Fsp3) is 1.00. The second kappa shape index (κ2) is 7.56. The number of hydrogen-bond acceptors (Lipinski definition) is 3. The van der Waals surface area contributed by atoms with E-state index >= 15 is 0 Å². The summed E-state index contributed by atoms with van der Waals surface area (Å²) in [5.74, 6) is 0.782. The van der Waals surface area contributed by atoms with Gasteiger partial charge in [0.1, 0.15) is 0 Å². The van der Waals surface area contributed by atoms with Crippen LogP contribution in [-0.2, 0) is 10.0 Å². The average molecular weight is 285 g/mol. The second-order valence-electron chi connectivity index (χ2n) is 4.77. The molecule has 4 nitrogen and oxygen atoms in total. The molecule has 1 atom stereocenters. The highest BCUT2D eigenvalue weighted by Crippen LogP contribution is 2.22. The summed E-state index contributed by atoms with van der Waals surface area (Å²) < 4.78 is 25.5. The molecule has 0 aromatic heterocycles. The molecule has 1 fully saturated rings. The second-order valence-corrected chi connectivity index (χ2v) is 6.85. The number of halogens is 1. The van der Waals surface area contributed by atoms with Crippen molar-refractivity contribution in [2.75, 3.05) is 18.8 Å². The molecule has 1 aliphatic heterocycles. The van der Waals surface area contributed by atoms with E-state index < -0.39 is 10.0 Å². The van der Waals surface area contributed by atoms with Crippen LogP contribution in [-0.4, -0.2) is 37.6 Å². The molecule has 17 heavy (non-hydrogen) atoms. The van der Waals surface area contributed by atoms with Gasteiger partial charge in [-0.25, -0.2) is 12.7 Å². The van der Waals surface area contributed by atoms with Crippen LogP contribution in [0.1, 0.15) is 39.5 Å². The summed E-state index contributed by atoms with van der Waals surface area (Å²) in [5, 5.41) is 0. The first-order valence-electron chi connectivity index (χ1n) is 6.20. The zero-order valence-corrected chi connectivity index (χ0v) is 12.4. The third-order valence-electron chi connectivity index (χ3n) is 3.39. The van der Waals surface area contributed by atoms with E-state index in [-0.39, 0.29) is 18.4 Å². The zero-order valence-electron chi connectivity index (χ0n) is 10.8. The van der Waals surface area contributed by atoms with Gasteiger partial charge in [0.15, 0.2) is 0 Å². The van der Waals surface area contributed by atoms with Gasteiger partial charge >= 0.3 is 0 Å². The molecule has 0 amide bonds. The Balaban J connectivity index is 0.00000256. The smallest absolute Gasteiger partial charge is 0.214 e. The van der Waals surface area contributed by atoms with E-state index in [9.17, 15) is 8.42 Å². The first-order chi connectivity index (χ1) is 7.47. The highest BCUT2D eigenvalue weighted by atomic mass is 35.5. The van der Waals surface area contributed by atoms with Crippen molar-refractivity contribution in [1.29, 1.82) is 0 Å². The summed E-state index contributed by atoms with van der Waals surface area (Å²) in [6.45, 7) is 5.32. The standard InChI is InChI=1S/C11H24N2O2S.ClH/c1-3-4-9-16(14,15)13-7-5-11(6-8-13)10(2)12;/h10-11H,3-9,12H2,1-2H3;1H. The summed E-state index contributed by atoms with van der Waals surface area (Å²) >= 11 is 0. The number of nitrogens with two attached hydrogens (primary N) is 1. The fourth-order valence-corrected chi connectivity index (χ4v) is 3.81. The average Bonchev–Trinajstić information content (AvgIpc) is 2.26. The molecular weight excluding hydrogens is 260 g/mol. The molecular formula is C11H25ClN2O2S. The zero-order chi connectivity index (χ0) is 12.2. The van der Waals surface area contributed by atoms with Crippen molar-refractivity contribution < 1.29 is 8.42 Å². The van der Waals surface area contributed by atoms with E-state index in [0.29, 0.717) is 24.8 Å². The molecule has 2 N–H and O–H groups in total. The van der Waals surface area contributed by atoms with Gasteiger partial charge in [0.25, 0.3) is 0 Å². The highest BCUT2D eigenvalue weighted by molar-refractivity contribution is 7.89. The van der Waals surface area contributed by atoms with Crippen molar-refractivity contribution in [2.45, 2.75) is 45.6 Å². The highest BCUT2D eigenvalue weighted by Gasteiger charge is 2.28. The lowest BCUT2D eigenvalue weighted by Crippen LogP contribution is -2.43. The molecule has 0 bridgehead atoms. The van der Waals surface area contributed by atoms with E-state index in [2.05, 4.69) is 0 Å². The molecule has 104 valence electrons. The molecule has 0 saturated carbocycles. The number of unbranched alkanes of at least 4 members (excludes halogenated alkanes) is 1. The topological polar surface area (TPSA) is 63.4 Å². The lowest BCUT2D eigenvalue weighted by molar-refractivity contribution is 0.250. The van der Waals surface area contributed by atoms with Gasteiger partial charge in [-0.3, -0.25) is 0 Å². The molecule has 1 unspecified atom stereocenters. The van der Waals surface area contributed by atoms with Crippen LogP contribution in [0, 0.1) is 5.92 Å². The van der Waals surface area contributed by atoms with Gasteiger partial charge in [-0.2, -0.15) is 0 Å². The van der Waals surface area contributed by atoms with E-state index in [1.165, 1.54) is 0 Å². The van der Waals surface area contributed by atoms with Gasteiger partial charge in [-0.05, 0) is 32.1 Å². The number of hydrogen-bond donors (Lipinski definition) is 1. The summed E-state index contributed by atoms with van der Waals surface area (Å²) in [6.07, 6.45) is 3.50. The molecule has 0 aromatic rings. The van der Waals surface area contributed by atoms with Crippen LogP contribution in [0.15, 0.2) is 0 Å². The Morgan fingerprint density at radius 1 is 1.35 bits per heavy atom. The third-order valence-corrected chi connectivity index (χ3v) is 5.35. The van der Waals surface area contributed by atoms with Crippen LogP contribution in [0.4, 0.5) is 0 Å². The summed E-state index contributed by atoms with van der Waals surface area (Å²) in [4.78, 5) is 0. The quantitative estimate of drug-likeness (QED) is 0.834. The van der Waals surface area contributed by atoms with E-state index in [1.54, 1.807) is 4.31 Å². The minimum atomic E-state index is -3.00. The van der Waals surface area contributed by atoms with E-state index in [0.717, 1.165) is 25.7 Å². The lowest BCUT2D eigenvalue weighted by Gasteiger charge is -2.32. The van der Waals surface area contributed by atoms with Gasteiger partial charge in [0.05, 0.1) is 5.75 Å². The van der Waals surface area contributed by atoms with Gasteiger partial charge < -0.3 is 5.73 Å². The molecule has 0 spiro atoms. The summed E-state index contributed by atoms with van der Waals surface area (Å²) in [6, 6.07) is 0.181. The van der Waals surface area contributed by atoms with Crippen LogP contribution < -0.4 is 5.73 Å². The molecule has 1 heterocycles. The van der Waals surface area contributed by atoms with E-state index in [1.807, 2.05) is 13.8 Å².